The Bertz CT molecular complexity index is 404. The first kappa shape index (κ1) is 14.0. The van der Waals surface area contributed by atoms with Gasteiger partial charge in [-0.05, 0) is 40.8 Å². The smallest absolute Gasteiger partial charge is 0.294 e. The van der Waals surface area contributed by atoms with Gasteiger partial charge < -0.3 is 0 Å². The molecule has 0 fully saturated rings. The predicted octanol–water partition coefficient (Wildman–Crippen LogP) is 4.28. The number of rotatable bonds is 3. The van der Waals surface area contributed by atoms with Gasteiger partial charge in [0.05, 0.1) is 5.56 Å². The molecule has 0 saturated heterocycles. The van der Waals surface area contributed by atoms with Crippen LogP contribution in [0.25, 0.3) is 0 Å². The largest absolute Gasteiger partial charge is 0.417 e. The van der Waals surface area contributed by atoms with Crippen LogP contribution in [0, 0.1) is 3.57 Å². The van der Waals surface area contributed by atoms with Crippen molar-refractivity contribution in [2.75, 3.05) is 5.33 Å². The normalized spacial score (nSPS) is 11.6. The van der Waals surface area contributed by atoms with Gasteiger partial charge in [0.2, 0.25) is 0 Å². The quantitative estimate of drug-likeness (QED) is 0.416. The highest BCUT2D eigenvalue weighted by Gasteiger charge is 2.35. The lowest BCUT2D eigenvalue weighted by atomic mass is 10.0. The summed E-state index contributed by atoms with van der Waals surface area (Å²) in [4.78, 5) is 11.5. The van der Waals surface area contributed by atoms with Crippen LogP contribution in [0.2, 0.25) is 0 Å². The molecule has 88 valence electrons. The molecule has 16 heavy (non-hydrogen) atoms. The summed E-state index contributed by atoms with van der Waals surface area (Å²) >= 11 is 4.82. The van der Waals surface area contributed by atoms with Crippen LogP contribution in [0.4, 0.5) is 13.2 Å². The van der Waals surface area contributed by atoms with Gasteiger partial charge in [-0.25, -0.2) is 0 Å². The minimum Gasteiger partial charge on any atom is -0.294 e. The molecular formula is C10H7BrF3IO. The van der Waals surface area contributed by atoms with Crippen LogP contribution in [-0.2, 0) is 6.18 Å². The van der Waals surface area contributed by atoms with Crippen LogP contribution in [-0.4, -0.2) is 11.1 Å². The summed E-state index contributed by atoms with van der Waals surface area (Å²) in [6, 6.07) is 3.72. The number of Topliss-reactive ketones (excluding diaryl/α,β-unsaturated/α-hetero) is 1. The Morgan fingerprint density at radius 1 is 1.38 bits per heavy atom. The summed E-state index contributed by atoms with van der Waals surface area (Å²) in [7, 11) is 0. The first-order chi connectivity index (χ1) is 7.36. The molecule has 6 heteroatoms. The Kier molecular flexibility index (Phi) is 4.78. The molecule has 1 aromatic rings. The maximum atomic E-state index is 12.7. The van der Waals surface area contributed by atoms with Crippen molar-refractivity contribution >= 4 is 44.3 Å². The Morgan fingerprint density at radius 3 is 2.50 bits per heavy atom. The monoisotopic (exact) mass is 406 g/mol. The van der Waals surface area contributed by atoms with Crippen molar-refractivity contribution in [3.8, 4) is 0 Å². The summed E-state index contributed by atoms with van der Waals surface area (Å²) in [5.41, 5.74) is -1.11. The molecule has 0 amide bonds. The summed E-state index contributed by atoms with van der Waals surface area (Å²) in [5, 5.41) is 0.356. The van der Waals surface area contributed by atoms with E-state index >= 15 is 0 Å². The molecule has 0 aliphatic heterocycles. The highest BCUT2D eigenvalue weighted by atomic mass is 127. The van der Waals surface area contributed by atoms with E-state index in [1.54, 1.807) is 22.6 Å². The number of carbonyl (C=O) groups excluding carboxylic acids is 1. The third-order valence-electron chi connectivity index (χ3n) is 1.91. The van der Waals surface area contributed by atoms with Gasteiger partial charge >= 0.3 is 6.18 Å². The average Bonchev–Trinajstić information content (AvgIpc) is 2.16. The van der Waals surface area contributed by atoms with E-state index in [-0.39, 0.29) is 12.0 Å². The van der Waals surface area contributed by atoms with Gasteiger partial charge in [-0.1, -0.05) is 15.9 Å². The fourth-order valence-corrected chi connectivity index (χ4v) is 2.07. The second kappa shape index (κ2) is 5.48. The number of alkyl halides is 4. The van der Waals surface area contributed by atoms with Crippen LogP contribution in [0.3, 0.4) is 0 Å². The maximum absolute atomic E-state index is 12.7. The van der Waals surface area contributed by atoms with E-state index in [0.29, 0.717) is 8.90 Å². The van der Waals surface area contributed by atoms with Gasteiger partial charge in [0, 0.05) is 20.9 Å². The second-order valence-electron chi connectivity index (χ2n) is 3.05. The third kappa shape index (κ3) is 3.44. The minimum atomic E-state index is -4.49. The molecule has 0 bridgehead atoms. The van der Waals surface area contributed by atoms with E-state index in [1.807, 2.05) is 0 Å². The van der Waals surface area contributed by atoms with Crippen molar-refractivity contribution in [2.24, 2.45) is 0 Å². The average molecular weight is 407 g/mol. The lowest BCUT2D eigenvalue weighted by molar-refractivity contribution is -0.138. The SMILES string of the molecule is O=C(CCBr)c1ccc(I)cc1C(F)(F)F. The van der Waals surface area contributed by atoms with Crippen molar-refractivity contribution < 1.29 is 18.0 Å². The van der Waals surface area contributed by atoms with E-state index in [4.69, 9.17) is 0 Å². The minimum absolute atomic E-state index is 0.0592. The molecule has 1 rings (SSSR count). The van der Waals surface area contributed by atoms with Crippen LogP contribution >= 0.6 is 38.5 Å². The number of benzene rings is 1. The van der Waals surface area contributed by atoms with Gasteiger partial charge in [-0.3, -0.25) is 4.79 Å². The van der Waals surface area contributed by atoms with E-state index in [1.165, 1.54) is 12.1 Å². The molecule has 1 aromatic carbocycles. The van der Waals surface area contributed by atoms with Crippen molar-refractivity contribution in [1.29, 1.82) is 0 Å². The summed E-state index contributed by atoms with van der Waals surface area (Å²) < 4.78 is 38.4. The number of halogens is 5. The molecule has 0 heterocycles. The molecule has 1 nitrogen and oxygen atoms in total. The fourth-order valence-electron chi connectivity index (χ4n) is 1.21. The summed E-state index contributed by atoms with van der Waals surface area (Å²) in [6.07, 6.45) is -4.43. The Balaban J connectivity index is 3.23. The zero-order valence-electron chi connectivity index (χ0n) is 7.94. The fraction of sp³-hybridized carbons (Fsp3) is 0.300. The number of hydrogen-bond donors (Lipinski definition) is 0. The van der Waals surface area contributed by atoms with E-state index in [2.05, 4.69) is 15.9 Å². The van der Waals surface area contributed by atoms with Gasteiger partial charge in [0.15, 0.2) is 5.78 Å². The van der Waals surface area contributed by atoms with Crippen molar-refractivity contribution in [3.63, 3.8) is 0 Å². The number of ketones is 1. The lowest BCUT2D eigenvalue weighted by Crippen LogP contribution is -2.13. The highest BCUT2D eigenvalue weighted by Crippen LogP contribution is 2.33. The summed E-state index contributed by atoms with van der Waals surface area (Å²) in [5.74, 6) is -0.499. The molecule has 0 aliphatic rings. The van der Waals surface area contributed by atoms with Crippen molar-refractivity contribution in [2.45, 2.75) is 12.6 Å². The predicted molar refractivity (Wildman–Crippen MR) is 66.9 cm³/mol. The Hall–Kier alpha value is -0.110. The molecule has 0 N–H and O–H groups in total. The van der Waals surface area contributed by atoms with Crippen LogP contribution in [0.1, 0.15) is 22.3 Å². The van der Waals surface area contributed by atoms with E-state index in [9.17, 15) is 18.0 Å². The van der Waals surface area contributed by atoms with Gasteiger partial charge in [-0.2, -0.15) is 13.2 Å². The number of hydrogen-bond acceptors (Lipinski definition) is 1. The molecule has 0 unspecified atom stereocenters. The van der Waals surface area contributed by atoms with Gasteiger partial charge in [-0.15, -0.1) is 0 Å². The van der Waals surface area contributed by atoms with Crippen LogP contribution in [0.15, 0.2) is 18.2 Å². The zero-order chi connectivity index (χ0) is 12.3. The first-order valence-corrected chi connectivity index (χ1v) is 6.52. The van der Waals surface area contributed by atoms with Crippen LogP contribution < -0.4 is 0 Å². The first-order valence-electron chi connectivity index (χ1n) is 4.32. The Labute approximate surface area is 113 Å². The van der Waals surface area contributed by atoms with Crippen molar-refractivity contribution in [1.82, 2.24) is 0 Å². The van der Waals surface area contributed by atoms with Crippen molar-refractivity contribution in [3.05, 3.63) is 32.9 Å². The summed E-state index contributed by atoms with van der Waals surface area (Å²) in [6.45, 7) is 0. The van der Waals surface area contributed by atoms with Crippen LogP contribution in [0.5, 0.6) is 0 Å². The zero-order valence-corrected chi connectivity index (χ0v) is 11.7. The molecule has 0 saturated carbocycles. The molecule has 0 spiro atoms. The van der Waals surface area contributed by atoms with Gasteiger partial charge in [0.1, 0.15) is 0 Å². The standard InChI is InChI=1S/C10H7BrF3IO/c11-4-3-9(16)7-2-1-6(15)5-8(7)10(12,13)14/h1-2,5H,3-4H2. The Morgan fingerprint density at radius 2 is 2.00 bits per heavy atom. The molecule has 0 atom stereocenters. The van der Waals surface area contributed by atoms with E-state index < -0.39 is 17.5 Å². The second-order valence-corrected chi connectivity index (χ2v) is 5.09. The maximum Gasteiger partial charge on any atom is 0.417 e. The molecular weight excluding hydrogens is 400 g/mol. The molecule has 0 aliphatic carbocycles. The molecule has 0 radical (unpaired) electrons. The number of carbonyl (C=O) groups is 1. The highest BCUT2D eigenvalue weighted by molar-refractivity contribution is 14.1. The lowest BCUT2D eigenvalue weighted by Gasteiger charge is -2.12. The molecule has 0 aromatic heterocycles. The van der Waals surface area contributed by atoms with Gasteiger partial charge in [0.25, 0.3) is 0 Å². The third-order valence-corrected chi connectivity index (χ3v) is 2.98. The van der Waals surface area contributed by atoms with E-state index in [0.717, 1.165) is 6.07 Å². The topological polar surface area (TPSA) is 17.1 Å².